The van der Waals surface area contributed by atoms with Crippen molar-refractivity contribution in [2.75, 3.05) is 9.80 Å². The Labute approximate surface area is 375 Å². The summed E-state index contributed by atoms with van der Waals surface area (Å²) in [7, 11) is 0. The standard InChI is InChI=1S/C60H52N2O2/c1-35(2)41-17-21-43(22-18-41)61(45-29-37(5)27-38(6)30-45)52-33-55-57(49-15-11-9-13-47(49)52)51-25-26-54-59(60(51)64-55)58-50-16-12-10-14-48(50)53(34-56(58)63-54)62(46-31-39(7)28-40(8)32-46)44-23-19-42(20-24-44)36(3)4/h9-36H,1-8H3. The van der Waals surface area contributed by atoms with E-state index in [-0.39, 0.29) is 0 Å². The molecule has 64 heavy (non-hydrogen) atoms. The molecule has 0 amide bonds. The van der Waals surface area contributed by atoms with Crippen molar-refractivity contribution >= 4 is 99.5 Å². The van der Waals surface area contributed by atoms with E-state index in [2.05, 4.69) is 223 Å². The van der Waals surface area contributed by atoms with Crippen LogP contribution in [0.2, 0.25) is 0 Å². The van der Waals surface area contributed by atoms with Gasteiger partial charge in [-0.3, -0.25) is 0 Å². The van der Waals surface area contributed by atoms with Gasteiger partial charge in [-0.2, -0.15) is 0 Å². The van der Waals surface area contributed by atoms with Gasteiger partial charge in [-0.15, -0.1) is 0 Å². The SMILES string of the molecule is Cc1cc(C)cc(N(c2ccc(C(C)C)cc2)c2cc3oc4c(ccc5oc6cc(N(c7ccc(C(C)C)cc7)c7cc(C)cc(C)c7)c7ccccc7c6c54)c3c3ccccc23)c1. The molecule has 0 unspecified atom stereocenters. The maximum atomic E-state index is 7.23. The minimum atomic E-state index is 0.439. The average Bonchev–Trinajstić information content (AvgIpc) is 3.85. The highest BCUT2D eigenvalue weighted by atomic mass is 16.3. The molecule has 314 valence electrons. The van der Waals surface area contributed by atoms with Crippen molar-refractivity contribution in [1.29, 1.82) is 0 Å². The topological polar surface area (TPSA) is 32.8 Å². The minimum absolute atomic E-state index is 0.439. The predicted octanol–water partition coefficient (Wildman–Crippen LogP) is 18.2. The molecule has 11 rings (SSSR count). The fraction of sp³-hybridized carbons (Fsp3) is 0.167. The Morgan fingerprint density at radius 1 is 0.344 bits per heavy atom. The van der Waals surface area contributed by atoms with Gasteiger partial charge in [-0.1, -0.05) is 113 Å². The van der Waals surface area contributed by atoms with Crippen molar-refractivity contribution in [1.82, 2.24) is 0 Å². The second kappa shape index (κ2) is 15.2. The number of hydrogen-bond acceptors (Lipinski definition) is 4. The number of fused-ring (bicyclic) bond motifs is 11. The number of rotatable bonds is 8. The number of furan rings is 2. The van der Waals surface area contributed by atoms with E-state index in [4.69, 9.17) is 8.83 Å². The van der Waals surface area contributed by atoms with E-state index in [1.807, 2.05) is 0 Å². The molecule has 9 aromatic carbocycles. The lowest BCUT2D eigenvalue weighted by Gasteiger charge is -2.28. The van der Waals surface area contributed by atoms with Crippen molar-refractivity contribution in [3.63, 3.8) is 0 Å². The van der Waals surface area contributed by atoms with Crippen LogP contribution in [0.15, 0.2) is 167 Å². The van der Waals surface area contributed by atoms with Gasteiger partial charge >= 0.3 is 0 Å². The van der Waals surface area contributed by atoms with Crippen LogP contribution in [0.5, 0.6) is 0 Å². The van der Waals surface area contributed by atoms with Gasteiger partial charge in [0.25, 0.3) is 0 Å². The maximum Gasteiger partial charge on any atom is 0.147 e. The van der Waals surface area contributed by atoms with Gasteiger partial charge in [0.2, 0.25) is 0 Å². The van der Waals surface area contributed by atoms with E-state index in [9.17, 15) is 0 Å². The van der Waals surface area contributed by atoms with E-state index in [1.54, 1.807) is 0 Å². The molecule has 0 N–H and O–H groups in total. The Morgan fingerprint density at radius 3 is 1.22 bits per heavy atom. The van der Waals surface area contributed by atoms with E-state index < -0.39 is 0 Å². The highest BCUT2D eigenvalue weighted by molar-refractivity contribution is 6.32. The van der Waals surface area contributed by atoms with Crippen LogP contribution < -0.4 is 9.80 Å². The molecular weight excluding hydrogens is 781 g/mol. The summed E-state index contributed by atoms with van der Waals surface area (Å²) in [6, 6.07) is 58.0. The van der Waals surface area contributed by atoms with Gasteiger partial charge in [0.1, 0.15) is 22.3 Å². The summed E-state index contributed by atoms with van der Waals surface area (Å²) in [6.07, 6.45) is 0. The molecule has 0 saturated heterocycles. The van der Waals surface area contributed by atoms with Crippen LogP contribution >= 0.6 is 0 Å². The van der Waals surface area contributed by atoms with Crippen LogP contribution in [0.25, 0.3) is 65.4 Å². The summed E-state index contributed by atoms with van der Waals surface area (Å²) in [5.41, 5.74) is 17.4. The molecule has 0 spiro atoms. The maximum absolute atomic E-state index is 7.23. The zero-order valence-electron chi connectivity index (χ0n) is 37.9. The quantitative estimate of drug-likeness (QED) is 0.153. The van der Waals surface area contributed by atoms with Crippen LogP contribution in [0.3, 0.4) is 0 Å². The second-order valence-electron chi connectivity index (χ2n) is 18.5. The third kappa shape index (κ3) is 6.51. The van der Waals surface area contributed by atoms with Gasteiger partial charge in [-0.05, 0) is 144 Å². The Hall–Kier alpha value is -7.30. The predicted molar refractivity (Wildman–Crippen MR) is 273 cm³/mol. The lowest BCUT2D eigenvalue weighted by molar-refractivity contribution is 0.663. The summed E-state index contributed by atoms with van der Waals surface area (Å²) in [5, 5.41) is 8.78. The largest absolute Gasteiger partial charge is 0.456 e. The van der Waals surface area contributed by atoms with Gasteiger partial charge in [0.05, 0.1) is 16.8 Å². The summed E-state index contributed by atoms with van der Waals surface area (Å²) in [6.45, 7) is 17.7. The van der Waals surface area contributed by atoms with Crippen LogP contribution in [0.1, 0.15) is 72.9 Å². The normalized spacial score (nSPS) is 12.0. The van der Waals surface area contributed by atoms with Gasteiger partial charge in [0, 0.05) is 61.8 Å². The van der Waals surface area contributed by atoms with Crippen molar-refractivity contribution < 1.29 is 8.83 Å². The Kier molecular flexibility index (Phi) is 9.39. The van der Waals surface area contributed by atoms with Crippen LogP contribution in [-0.2, 0) is 0 Å². The molecule has 0 aliphatic rings. The zero-order chi connectivity index (χ0) is 44.0. The van der Waals surface area contributed by atoms with Gasteiger partial charge < -0.3 is 18.6 Å². The average molecular weight is 833 g/mol. The summed E-state index contributed by atoms with van der Waals surface area (Å²) < 4.78 is 14.2. The molecule has 0 atom stereocenters. The summed E-state index contributed by atoms with van der Waals surface area (Å²) in [4.78, 5) is 4.79. The Morgan fingerprint density at radius 2 is 0.766 bits per heavy atom. The molecule has 0 radical (unpaired) electrons. The zero-order valence-corrected chi connectivity index (χ0v) is 37.9. The van der Waals surface area contributed by atoms with Crippen molar-refractivity contribution in [2.24, 2.45) is 0 Å². The monoisotopic (exact) mass is 832 g/mol. The third-order valence-corrected chi connectivity index (χ3v) is 13.1. The van der Waals surface area contributed by atoms with Crippen LogP contribution in [-0.4, -0.2) is 0 Å². The molecule has 4 heteroatoms. The third-order valence-electron chi connectivity index (χ3n) is 13.1. The molecule has 0 fully saturated rings. The number of benzene rings is 9. The molecule has 11 aromatic rings. The molecule has 2 heterocycles. The lowest BCUT2D eigenvalue weighted by Crippen LogP contribution is -2.11. The smallest absolute Gasteiger partial charge is 0.147 e. The molecule has 0 saturated carbocycles. The van der Waals surface area contributed by atoms with E-state index in [1.165, 1.54) is 33.4 Å². The van der Waals surface area contributed by atoms with Crippen molar-refractivity contribution in [3.8, 4) is 0 Å². The Bertz CT molecular complexity index is 3570. The molecule has 0 bridgehead atoms. The molecule has 2 aromatic heterocycles. The number of nitrogens with zero attached hydrogens (tertiary/aromatic N) is 2. The highest BCUT2D eigenvalue weighted by Crippen LogP contribution is 2.50. The molecule has 0 aliphatic carbocycles. The number of hydrogen-bond donors (Lipinski definition) is 0. The molecular formula is C60H52N2O2. The summed E-state index contributed by atoms with van der Waals surface area (Å²) >= 11 is 0. The molecule has 0 aliphatic heterocycles. The number of anilines is 6. The lowest BCUT2D eigenvalue weighted by atomic mass is 9.97. The number of aryl methyl sites for hydroxylation is 4. The highest BCUT2D eigenvalue weighted by Gasteiger charge is 2.26. The van der Waals surface area contributed by atoms with Crippen molar-refractivity contribution in [3.05, 3.63) is 191 Å². The first kappa shape index (κ1) is 39.5. The van der Waals surface area contributed by atoms with E-state index >= 15 is 0 Å². The summed E-state index contributed by atoms with van der Waals surface area (Å²) in [5.74, 6) is 0.878. The fourth-order valence-corrected chi connectivity index (χ4v) is 10.2. The Balaban J connectivity index is 1.18. The van der Waals surface area contributed by atoms with Crippen LogP contribution in [0, 0.1) is 27.7 Å². The first-order valence-electron chi connectivity index (χ1n) is 22.6. The minimum Gasteiger partial charge on any atom is -0.456 e. The fourth-order valence-electron chi connectivity index (χ4n) is 10.2. The molecule has 4 nitrogen and oxygen atoms in total. The van der Waals surface area contributed by atoms with E-state index in [0.717, 1.165) is 99.5 Å². The van der Waals surface area contributed by atoms with Crippen LogP contribution in [0.4, 0.5) is 34.1 Å². The van der Waals surface area contributed by atoms with Gasteiger partial charge in [0.15, 0.2) is 0 Å². The first-order valence-corrected chi connectivity index (χ1v) is 22.6. The first-order chi connectivity index (χ1) is 31.0. The van der Waals surface area contributed by atoms with Gasteiger partial charge in [-0.25, -0.2) is 0 Å². The van der Waals surface area contributed by atoms with E-state index in [0.29, 0.717) is 11.8 Å². The second-order valence-corrected chi connectivity index (χ2v) is 18.5. The van der Waals surface area contributed by atoms with Crippen molar-refractivity contribution in [2.45, 2.75) is 67.2 Å².